The van der Waals surface area contributed by atoms with E-state index in [1.54, 1.807) is 0 Å². The average Bonchev–Trinajstić information content (AvgIpc) is 2.54. The molecule has 2 aromatic rings. The summed E-state index contributed by atoms with van der Waals surface area (Å²) in [4.78, 5) is 0. The van der Waals surface area contributed by atoms with Crippen LogP contribution >= 0.6 is 0 Å². The van der Waals surface area contributed by atoms with Crippen LogP contribution in [0.4, 0.5) is 0 Å². The van der Waals surface area contributed by atoms with Crippen molar-refractivity contribution in [1.29, 1.82) is 0 Å². The summed E-state index contributed by atoms with van der Waals surface area (Å²) in [6.07, 6.45) is 1.85. The van der Waals surface area contributed by atoms with Crippen molar-refractivity contribution >= 4 is 0 Å². The SMILES string of the molecule is CC(CO)c1ccccc1.OCCCc1ccccc1. The zero-order chi connectivity index (χ0) is 14.6. The Morgan fingerprint density at radius 2 is 1.40 bits per heavy atom. The molecule has 0 aliphatic rings. The van der Waals surface area contributed by atoms with Crippen molar-refractivity contribution in [2.45, 2.75) is 25.7 Å². The fourth-order valence-electron chi connectivity index (χ4n) is 1.81. The lowest BCUT2D eigenvalue weighted by molar-refractivity contribution is 0.273. The molecule has 0 aliphatic carbocycles. The molecule has 0 saturated heterocycles. The van der Waals surface area contributed by atoms with Gasteiger partial charge in [-0.3, -0.25) is 0 Å². The Balaban J connectivity index is 0.000000200. The van der Waals surface area contributed by atoms with E-state index < -0.39 is 0 Å². The van der Waals surface area contributed by atoms with Gasteiger partial charge in [-0.15, -0.1) is 0 Å². The number of aliphatic hydroxyl groups is 2. The summed E-state index contributed by atoms with van der Waals surface area (Å²) in [7, 11) is 0. The quantitative estimate of drug-likeness (QED) is 0.876. The summed E-state index contributed by atoms with van der Waals surface area (Å²) >= 11 is 0. The second kappa shape index (κ2) is 10.2. The van der Waals surface area contributed by atoms with Crippen LogP contribution < -0.4 is 0 Å². The maximum absolute atomic E-state index is 8.79. The predicted molar refractivity (Wildman–Crippen MR) is 83.8 cm³/mol. The number of rotatable bonds is 5. The van der Waals surface area contributed by atoms with Gasteiger partial charge in [0.15, 0.2) is 0 Å². The highest BCUT2D eigenvalue weighted by molar-refractivity contribution is 5.18. The molecule has 2 aromatic carbocycles. The molecule has 2 N–H and O–H groups in total. The lowest BCUT2D eigenvalue weighted by Crippen LogP contribution is -1.97. The molecule has 0 spiro atoms. The molecule has 0 heterocycles. The van der Waals surface area contributed by atoms with Crippen LogP contribution in [0.2, 0.25) is 0 Å². The van der Waals surface area contributed by atoms with Crippen LogP contribution in [-0.2, 0) is 6.42 Å². The molecule has 2 rings (SSSR count). The van der Waals surface area contributed by atoms with Crippen molar-refractivity contribution in [2.75, 3.05) is 13.2 Å². The third kappa shape index (κ3) is 6.50. The molecule has 0 saturated carbocycles. The summed E-state index contributed by atoms with van der Waals surface area (Å²) in [6, 6.07) is 20.2. The Labute approximate surface area is 121 Å². The van der Waals surface area contributed by atoms with Crippen molar-refractivity contribution in [3.8, 4) is 0 Å². The van der Waals surface area contributed by atoms with E-state index in [0.29, 0.717) is 0 Å². The Hall–Kier alpha value is -1.64. The first-order valence-corrected chi connectivity index (χ1v) is 7.08. The van der Waals surface area contributed by atoms with Crippen molar-refractivity contribution in [3.63, 3.8) is 0 Å². The van der Waals surface area contributed by atoms with Crippen LogP contribution in [-0.4, -0.2) is 23.4 Å². The molecule has 0 fully saturated rings. The first-order valence-electron chi connectivity index (χ1n) is 7.08. The number of aryl methyl sites for hydroxylation is 1. The average molecular weight is 272 g/mol. The van der Waals surface area contributed by atoms with Crippen LogP contribution in [0.1, 0.15) is 30.4 Å². The maximum atomic E-state index is 8.79. The predicted octanol–water partition coefficient (Wildman–Crippen LogP) is 3.39. The van der Waals surface area contributed by atoms with Crippen LogP contribution in [0.3, 0.4) is 0 Å². The van der Waals surface area contributed by atoms with E-state index in [4.69, 9.17) is 10.2 Å². The molecule has 0 amide bonds. The van der Waals surface area contributed by atoms with Crippen LogP contribution in [0.5, 0.6) is 0 Å². The van der Waals surface area contributed by atoms with Crippen LogP contribution in [0.15, 0.2) is 60.7 Å². The van der Waals surface area contributed by atoms with E-state index >= 15 is 0 Å². The molecule has 1 atom stereocenters. The molecule has 108 valence electrons. The van der Waals surface area contributed by atoms with E-state index in [1.165, 1.54) is 11.1 Å². The lowest BCUT2D eigenvalue weighted by Gasteiger charge is -2.05. The number of hydrogen-bond donors (Lipinski definition) is 2. The second-order valence-electron chi connectivity index (χ2n) is 4.81. The largest absolute Gasteiger partial charge is 0.396 e. The number of hydrogen-bond acceptors (Lipinski definition) is 2. The first kappa shape index (κ1) is 16.4. The molecule has 2 nitrogen and oxygen atoms in total. The highest BCUT2D eigenvalue weighted by atomic mass is 16.3. The lowest BCUT2D eigenvalue weighted by atomic mass is 10.0. The third-order valence-corrected chi connectivity index (χ3v) is 3.11. The molecule has 1 unspecified atom stereocenters. The molecule has 2 heteroatoms. The molecule has 0 aliphatic heterocycles. The van der Waals surface area contributed by atoms with Gasteiger partial charge in [0.2, 0.25) is 0 Å². The smallest absolute Gasteiger partial charge is 0.0497 e. The summed E-state index contributed by atoms with van der Waals surface area (Å²) in [5.74, 6) is 0.265. The second-order valence-corrected chi connectivity index (χ2v) is 4.81. The number of benzene rings is 2. The standard InChI is InChI=1S/2C9H12O/c1-8(7-10)9-5-3-2-4-6-9;10-8-4-7-9-5-2-1-3-6-9/h2-6,8,10H,7H2,1H3;1-3,5-6,10H,4,7-8H2. The van der Waals surface area contributed by atoms with Crippen LogP contribution in [0.25, 0.3) is 0 Å². The third-order valence-electron chi connectivity index (χ3n) is 3.11. The monoisotopic (exact) mass is 272 g/mol. The van der Waals surface area contributed by atoms with E-state index in [-0.39, 0.29) is 19.1 Å². The number of aliphatic hydroxyl groups excluding tert-OH is 2. The summed E-state index contributed by atoms with van der Waals surface area (Å²) in [5, 5.41) is 17.3. The van der Waals surface area contributed by atoms with E-state index in [9.17, 15) is 0 Å². The van der Waals surface area contributed by atoms with Gasteiger partial charge in [0.1, 0.15) is 0 Å². The minimum absolute atomic E-state index is 0.226. The van der Waals surface area contributed by atoms with Gasteiger partial charge in [-0.2, -0.15) is 0 Å². The van der Waals surface area contributed by atoms with Gasteiger partial charge in [-0.05, 0) is 24.0 Å². The molecule has 0 bridgehead atoms. The van der Waals surface area contributed by atoms with Gasteiger partial charge < -0.3 is 10.2 Å². The molecule has 0 radical (unpaired) electrons. The zero-order valence-corrected chi connectivity index (χ0v) is 12.1. The van der Waals surface area contributed by atoms with Crippen molar-refractivity contribution in [2.24, 2.45) is 0 Å². The topological polar surface area (TPSA) is 40.5 Å². The normalized spacial score (nSPS) is 11.3. The van der Waals surface area contributed by atoms with Gasteiger partial charge in [-0.1, -0.05) is 67.6 Å². The van der Waals surface area contributed by atoms with Crippen molar-refractivity contribution in [1.82, 2.24) is 0 Å². The summed E-state index contributed by atoms with van der Waals surface area (Å²) < 4.78 is 0. The minimum atomic E-state index is 0.226. The fraction of sp³-hybridized carbons (Fsp3) is 0.333. The molecule has 0 aromatic heterocycles. The van der Waals surface area contributed by atoms with Gasteiger partial charge in [0.05, 0.1) is 0 Å². The van der Waals surface area contributed by atoms with E-state index in [1.807, 2.05) is 55.5 Å². The molecule has 20 heavy (non-hydrogen) atoms. The molecular formula is C18H24O2. The Morgan fingerprint density at radius 1 is 0.850 bits per heavy atom. The van der Waals surface area contributed by atoms with E-state index in [0.717, 1.165) is 12.8 Å². The Bertz CT molecular complexity index is 439. The highest BCUT2D eigenvalue weighted by Crippen LogP contribution is 2.12. The first-order chi connectivity index (χ1) is 9.77. The Morgan fingerprint density at radius 3 is 1.90 bits per heavy atom. The van der Waals surface area contributed by atoms with Crippen LogP contribution in [0, 0.1) is 0 Å². The van der Waals surface area contributed by atoms with Crippen molar-refractivity contribution < 1.29 is 10.2 Å². The summed E-state index contributed by atoms with van der Waals surface area (Å²) in [5.41, 5.74) is 2.50. The van der Waals surface area contributed by atoms with Gasteiger partial charge >= 0.3 is 0 Å². The fourth-order valence-corrected chi connectivity index (χ4v) is 1.81. The van der Waals surface area contributed by atoms with E-state index in [2.05, 4.69) is 12.1 Å². The molecular weight excluding hydrogens is 248 g/mol. The van der Waals surface area contributed by atoms with Gasteiger partial charge in [0, 0.05) is 19.1 Å². The minimum Gasteiger partial charge on any atom is -0.396 e. The Kier molecular flexibility index (Phi) is 8.36. The van der Waals surface area contributed by atoms with Crippen molar-refractivity contribution in [3.05, 3.63) is 71.8 Å². The maximum Gasteiger partial charge on any atom is 0.0497 e. The zero-order valence-electron chi connectivity index (χ0n) is 12.1. The highest BCUT2D eigenvalue weighted by Gasteiger charge is 2.00. The summed E-state index contributed by atoms with van der Waals surface area (Å²) in [6.45, 7) is 2.52. The van der Waals surface area contributed by atoms with Gasteiger partial charge in [-0.25, -0.2) is 0 Å². The van der Waals surface area contributed by atoms with Gasteiger partial charge in [0.25, 0.3) is 0 Å².